The van der Waals surface area contributed by atoms with Crippen LogP contribution in [0.2, 0.25) is 0 Å². The van der Waals surface area contributed by atoms with E-state index in [4.69, 9.17) is 5.10 Å². The number of nitrogens with zero attached hydrogens (tertiary/aromatic N) is 6. The molecule has 1 fully saturated rings. The third-order valence-electron chi connectivity index (χ3n) is 5.93. The number of hydrogen-bond donors (Lipinski definition) is 2. The van der Waals surface area contributed by atoms with Crippen molar-refractivity contribution in [2.45, 2.75) is 57.3 Å². The van der Waals surface area contributed by atoms with Gasteiger partial charge in [0.25, 0.3) is 0 Å². The molecule has 0 saturated heterocycles. The van der Waals surface area contributed by atoms with Crippen molar-refractivity contribution >= 4 is 17.6 Å². The molecule has 4 heterocycles. The highest BCUT2D eigenvalue weighted by Gasteiger charge is 2.41. The zero-order valence-corrected chi connectivity index (χ0v) is 17.2. The van der Waals surface area contributed by atoms with Crippen LogP contribution >= 0.6 is 0 Å². The van der Waals surface area contributed by atoms with Gasteiger partial charge in [0.1, 0.15) is 23.0 Å². The average Bonchev–Trinajstić information content (AvgIpc) is 3.15. The Hall–Kier alpha value is -3.11. The highest BCUT2D eigenvalue weighted by Crippen LogP contribution is 2.43. The highest BCUT2D eigenvalue weighted by atomic mass is 19.4. The average molecular weight is 432 g/mol. The van der Waals surface area contributed by atoms with E-state index in [1.165, 1.54) is 0 Å². The van der Waals surface area contributed by atoms with E-state index in [0.29, 0.717) is 12.4 Å². The van der Waals surface area contributed by atoms with Crippen molar-refractivity contribution in [2.75, 3.05) is 17.2 Å². The van der Waals surface area contributed by atoms with Crippen LogP contribution in [-0.4, -0.2) is 35.8 Å². The van der Waals surface area contributed by atoms with Crippen molar-refractivity contribution in [3.63, 3.8) is 0 Å². The van der Waals surface area contributed by atoms with Gasteiger partial charge in [-0.05, 0) is 33.1 Å². The Balaban J connectivity index is 1.50. The Kier molecular flexibility index (Phi) is 4.45. The lowest BCUT2D eigenvalue weighted by atomic mass is 9.85. The number of anilines is 3. The molecular formula is C20H23F3N8. The van der Waals surface area contributed by atoms with E-state index in [9.17, 15) is 13.2 Å². The monoisotopic (exact) mass is 432 g/mol. The summed E-state index contributed by atoms with van der Waals surface area (Å²) in [5.74, 6) is 1.50. The van der Waals surface area contributed by atoms with E-state index in [1.54, 1.807) is 13.1 Å². The highest BCUT2D eigenvalue weighted by molar-refractivity contribution is 5.55. The third-order valence-corrected chi connectivity index (χ3v) is 5.93. The maximum atomic E-state index is 13.3. The van der Waals surface area contributed by atoms with Gasteiger partial charge in [-0.1, -0.05) is 0 Å². The molecule has 1 aliphatic carbocycles. The standard InChI is InChI=1S/C20H23F3N8/c1-3-24-16-13(20(21,22)23)11-26-18(28-16)27-15-10-14(29-31(15)12-4-5-12)19(2)6-8-30-9-7-25-17(19)30/h7,9-12H,3-6,8H2,1-2H3,(H2,24,26,27,28)/t19-/m0/s1. The molecule has 31 heavy (non-hydrogen) atoms. The zero-order chi connectivity index (χ0) is 21.8. The van der Waals surface area contributed by atoms with Crippen LogP contribution in [0.4, 0.5) is 30.8 Å². The summed E-state index contributed by atoms with van der Waals surface area (Å²) in [7, 11) is 0. The first-order valence-corrected chi connectivity index (χ1v) is 10.4. The van der Waals surface area contributed by atoms with Crippen molar-refractivity contribution in [1.29, 1.82) is 0 Å². The molecule has 11 heteroatoms. The molecule has 0 unspecified atom stereocenters. The van der Waals surface area contributed by atoms with Gasteiger partial charge in [-0.15, -0.1) is 0 Å². The SMILES string of the molecule is CCNc1nc(Nc2cc([C@]3(C)CCn4ccnc43)nn2C2CC2)ncc1C(F)(F)F. The fourth-order valence-electron chi connectivity index (χ4n) is 4.09. The first-order chi connectivity index (χ1) is 14.8. The fraction of sp³-hybridized carbons (Fsp3) is 0.500. The molecule has 0 aromatic carbocycles. The third kappa shape index (κ3) is 3.41. The van der Waals surface area contributed by atoms with E-state index in [0.717, 1.165) is 43.5 Å². The predicted octanol–water partition coefficient (Wildman–Crippen LogP) is 4.11. The van der Waals surface area contributed by atoms with Crippen LogP contribution in [0.25, 0.3) is 0 Å². The molecule has 2 aliphatic rings. The van der Waals surface area contributed by atoms with Crippen molar-refractivity contribution in [1.82, 2.24) is 29.3 Å². The number of hydrogen-bond acceptors (Lipinski definition) is 6. The quantitative estimate of drug-likeness (QED) is 0.610. The summed E-state index contributed by atoms with van der Waals surface area (Å²) in [6.45, 7) is 5.03. The maximum Gasteiger partial charge on any atom is 0.421 e. The van der Waals surface area contributed by atoms with Crippen LogP contribution in [0.15, 0.2) is 24.7 Å². The predicted molar refractivity (Wildman–Crippen MR) is 108 cm³/mol. The van der Waals surface area contributed by atoms with Crippen molar-refractivity contribution in [3.05, 3.63) is 41.7 Å². The molecule has 5 rings (SSSR count). The van der Waals surface area contributed by atoms with Crippen LogP contribution in [0.5, 0.6) is 0 Å². The van der Waals surface area contributed by atoms with Gasteiger partial charge >= 0.3 is 6.18 Å². The number of halogens is 3. The lowest BCUT2D eigenvalue weighted by Crippen LogP contribution is -2.22. The molecule has 0 spiro atoms. The minimum atomic E-state index is -4.53. The minimum absolute atomic E-state index is 0.0929. The summed E-state index contributed by atoms with van der Waals surface area (Å²) in [6, 6.07) is 2.21. The normalized spacial score (nSPS) is 20.7. The molecule has 164 valence electrons. The maximum absolute atomic E-state index is 13.3. The second kappa shape index (κ2) is 6.96. The Morgan fingerprint density at radius 3 is 2.77 bits per heavy atom. The second-order valence-electron chi connectivity index (χ2n) is 8.23. The van der Waals surface area contributed by atoms with Gasteiger partial charge in [0, 0.05) is 37.7 Å². The Morgan fingerprint density at radius 1 is 1.26 bits per heavy atom. The minimum Gasteiger partial charge on any atom is -0.370 e. The van der Waals surface area contributed by atoms with E-state index < -0.39 is 11.7 Å². The van der Waals surface area contributed by atoms with Crippen LogP contribution < -0.4 is 10.6 Å². The van der Waals surface area contributed by atoms with Gasteiger partial charge in [-0.3, -0.25) is 0 Å². The van der Waals surface area contributed by atoms with Gasteiger partial charge in [-0.2, -0.15) is 23.3 Å². The van der Waals surface area contributed by atoms with E-state index >= 15 is 0 Å². The van der Waals surface area contributed by atoms with Crippen molar-refractivity contribution in [3.8, 4) is 0 Å². The number of aromatic nitrogens is 6. The van der Waals surface area contributed by atoms with E-state index in [-0.39, 0.29) is 23.2 Å². The van der Waals surface area contributed by atoms with Crippen molar-refractivity contribution < 1.29 is 13.2 Å². The molecule has 2 N–H and O–H groups in total. The van der Waals surface area contributed by atoms with Gasteiger partial charge in [0.2, 0.25) is 5.95 Å². The zero-order valence-electron chi connectivity index (χ0n) is 17.2. The lowest BCUT2D eigenvalue weighted by Gasteiger charge is -2.19. The summed E-state index contributed by atoms with van der Waals surface area (Å²) < 4.78 is 43.8. The molecule has 3 aromatic rings. The molecule has 0 bridgehead atoms. The van der Waals surface area contributed by atoms with Crippen LogP contribution in [-0.2, 0) is 18.1 Å². The Labute approximate surface area is 176 Å². The topological polar surface area (TPSA) is 85.5 Å². The summed E-state index contributed by atoms with van der Waals surface area (Å²) in [4.78, 5) is 12.5. The first kappa shape index (κ1) is 19.8. The second-order valence-corrected chi connectivity index (χ2v) is 8.23. The lowest BCUT2D eigenvalue weighted by molar-refractivity contribution is -0.137. The molecule has 8 nitrogen and oxygen atoms in total. The van der Waals surface area contributed by atoms with Crippen molar-refractivity contribution in [2.24, 2.45) is 0 Å². The molecule has 1 aliphatic heterocycles. The number of imidazole rings is 1. The number of aryl methyl sites for hydroxylation is 1. The van der Waals surface area contributed by atoms with Gasteiger partial charge in [0.05, 0.1) is 17.2 Å². The van der Waals surface area contributed by atoms with Gasteiger partial charge < -0.3 is 15.2 Å². The first-order valence-electron chi connectivity index (χ1n) is 10.4. The molecule has 0 radical (unpaired) electrons. The summed E-state index contributed by atoms with van der Waals surface area (Å²) in [5.41, 5.74) is -0.331. The molecular weight excluding hydrogens is 409 g/mol. The number of alkyl halides is 3. The van der Waals surface area contributed by atoms with Crippen LogP contribution in [0.1, 0.15) is 56.2 Å². The van der Waals surface area contributed by atoms with E-state index in [2.05, 4.69) is 37.1 Å². The van der Waals surface area contributed by atoms with E-state index in [1.807, 2.05) is 16.9 Å². The Morgan fingerprint density at radius 2 is 2.06 bits per heavy atom. The number of rotatable bonds is 6. The molecule has 1 saturated carbocycles. The Bertz CT molecular complexity index is 1110. The largest absolute Gasteiger partial charge is 0.421 e. The summed E-state index contributed by atoms with van der Waals surface area (Å²) in [5, 5.41) is 10.6. The molecule has 3 aromatic heterocycles. The summed E-state index contributed by atoms with van der Waals surface area (Å²) in [6.07, 6.45) is 2.95. The van der Waals surface area contributed by atoms with Crippen LogP contribution in [0.3, 0.4) is 0 Å². The van der Waals surface area contributed by atoms with Crippen LogP contribution in [0, 0.1) is 0 Å². The molecule has 0 amide bonds. The van der Waals surface area contributed by atoms with Gasteiger partial charge in [0.15, 0.2) is 0 Å². The summed E-state index contributed by atoms with van der Waals surface area (Å²) >= 11 is 0. The van der Waals surface area contributed by atoms with Gasteiger partial charge in [-0.25, -0.2) is 14.6 Å². The smallest absolute Gasteiger partial charge is 0.370 e. The number of fused-ring (bicyclic) bond motifs is 1. The number of nitrogens with one attached hydrogen (secondary N) is 2. The fourth-order valence-corrected chi connectivity index (χ4v) is 4.09. The molecule has 1 atom stereocenters.